The summed E-state index contributed by atoms with van der Waals surface area (Å²) in [5.74, 6) is 2.94. The van der Waals surface area contributed by atoms with Crippen molar-refractivity contribution in [2.24, 2.45) is 16.3 Å². The average Bonchev–Trinajstić information content (AvgIpc) is 2.23. The fourth-order valence-corrected chi connectivity index (χ4v) is 1.25. The van der Waals surface area contributed by atoms with E-state index in [2.05, 4.69) is 16.4 Å². The van der Waals surface area contributed by atoms with E-state index in [0.29, 0.717) is 0 Å². The van der Waals surface area contributed by atoms with Crippen LogP contribution in [0.1, 0.15) is 40.5 Å². The largest absolute Gasteiger partial charge is 0.409 e. The van der Waals surface area contributed by atoms with Gasteiger partial charge in [0.1, 0.15) is 5.84 Å². The molecule has 0 bridgehead atoms. The number of nitrogens with two attached hydrogens (primary N) is 1. The molecule has 0 aromatic heterocycles. The molecule has 0 heterocycles. The van der Waals surface area contributed by atoms with Crippen molar-refractivity contribution in [3.05, 3.63) is 0 Å². The van der Waals surface area contributed by atoms with Crippen LogP contribution in [0.25, 0.3) is 0 Å². The molecule has 0 rings (SSSR count). The number of terminal acetylenes is 1. The molecule has 0 atom stereocenters. The van der Waals surface area contributed by atoms with Gasteiger partial charge >= 0.3 is 0 Å². The minimum absolute atomic E-state index is 0.267. The first-order valence-corrected chi connectivity index (χ1v) is 5.46. The maximum atomic E-state index is 8.62. The highest BCUT2D eigenvalue weighted by Crippen LogP contribution is 2.22. The van der Waals surface area contributed by atoms with Crippen molar-refractivity contribution in [2.75, 3.05) is 6.54 Å². The summed E-state index contributed by atoms with van der Waals surface area (Å²) in [6.07, 6.45) is 7.13. The summed E-state index contributed by atoms with van der Waals surface area (Å²) < 4.78 is 0. The van der Waals surface area contributed by atoms with Crippen LogP contribution >= 0.6 is 0 Å². The molecule has 0 fully saturated rings. The monoisotopic (exact) mass is 225 g/mol. The summed E-state index contributed by atoms with van der Waals surface area (Å²) in [6.45, 7) is 8.64. The Morgan fingerprint density at radius 1 is 1.44 bits per heavy atom. The summed E-state index contributed by atoms with van der Waals surface area (Å²) in [4.78, 5) is 0. The lowest BCUT2D eigenvalue weighted by molar-refractivity contribution is 0.304. The molecular formula is C12H23N3O. The summed E-state index contributed by atoms with van der Waals surface area (Å²) in [6, 6.07) is 0. The van der Waals surface area contributed by atoms with E-state index in [9.17, 15) is 0 Å². The topological polar surface area (TPSA) is 70.6 Å². The second kappa shape index (κ2) is 5.76. The zero-order valence-electron chi connectivity index (χ0n) is 10.7. The molecule has 0 saturated heterocycles. The van der Waals surface area contributed by atoms with E-state index >= 15 is 0 Å². The zero-order valence-corrected chi connectivity index (χ0v) is 10.7. The van der Waals surface area contributed by atoms with Crippen LogP contribution in [0.3, 0.4) is 0 Å². The number of nitrogens with one attached hydrogen (secondary N) is 1. The highest BCUT2D eigenvalue weighted by Gasteiger charge is 2.23. The molecule has 0 radical (unpaired) electrons. The number of hydrogen-bond acceptors (Lipinski definition) is 3. The SMILES string of the molecule is C#CC(C)(C)NCCCC(C)(C)C(N)=NO. The molecule has 0 aliphatic rings. The van der Waals surface area contributed by atoms with E-state index < -0.39 is 0 Å². The lowest BCUT2D eigenvalue weighted by atomic mass is 9.86. The van der Waals surface area contributed by atoms with Crippen LogP contribution in [0.4, 0.5) is 0 Å². The molecule has 16 heavy (non-hydrogen) atoms. The van der Waals surface area contributed by atoms with Crippen LogP contribution in [-0.2, 0) is 0 Å². The standard InChI is InChI=1S/C12H23N3O/c1-6-12(4,5)14-9-7-8-11(2,3)10(13)15-16/h1,14,16H,7-9H2,2-5H3,(H2,13,15). The Kier molecular flexibility index (Phi) is 5.32. The van der Waals surface area contributed by atoms with Gasteiger partial charge in [0.2, 0.25) is 0 Å². The van der Waals surface area contributed by atoms with E-state index in [1.807, 2.05) is 27.7 Å². The minimum atomic E-state index is -0.281. The van der Waals surface area contributed by atoms with Gasteiger partial charge in [0, 0.05) is 5.41 Å². The van der Waals surface area contributed by atoms with E-state index in [-0.39, 0.29) is 16.8 Å². The van der Waals surface area contributed by atoms with E-state index in [1.165, 1.54) is 0 Å². The Hall–Kier alpha value is -1.21. The van der Waals surface area contributed by atoms with Gasteiger partial charge < -0.3 is 16.3 Å². The predicted octanol–water partition coefficient (Wildman–Crippen LogP) is 1.54. The third-order valence-corrected chi connectivity index (χ3v) is 2.71. The van der Waals surface area contributed by atoms with Crippen LogP contribution in [0.15, 0.2) is 5.16 Å². The van der Waals surface area contributed by atoms with Gasteiger partial charge in [0.25, 0.3) is 0 Å². The van der Waals surface area contributed by atoms with Crippen molar-refractivity contribution in [3.8, 4) is 12.3 Å². The summed E-state index contributed by atoms with van der Waals surface area (Å²) in [5.41, 5.74) is 5.03. The Morgan fingerprint density at radius 2 is 2.00 bits per heavy atom. The van der Waals surface area contributed by atoms with Gasteiger partial charge in [-0.25, -0.2) is 0 Å². The Labute approximate surface area is 98.3 Å². The van der Waals surface area contributed by atoms with Crippen molar-refractivity contribution in [3.63, 3.8) is 0 Å². The molecule has 0 aliphatic carbocycles. The molecule has 0 aromatic rings. The van der Waals surface area contributed by atoms with Crippen LogP contribution < -0.4 is 11.1 Å². The minimum Gasteiger partial charge on any atom is -0.409 e. The van der Waals surface area contributed by atoms with Crippen molar-refractivity contribution in [1.82, 2.24) is 5.32 Å². The zero-order chi connectivity index (χ0) is 12.8. The highest BCUT2D eigenvalue weighted by molar-refractivity contribution is 5.85. The molecule has 0 aromatic carbocycles. The molecule has 0 saturated carbocycles. The summed E-state index contributed by atoms with van der Waals surface area (Å²) in [5, 5.41) is 14.9. The second-order valence-corrected chi connectivity index (χ2v) is 5.17. The molecule has 4 heteroatoms. The molecule has 0 unspecified atom stereocenters. The van der Waals surface area contributed by atoms with Crippen molar-refractivity contribution in [1.29, 1.82) is 0 Å². The van der Waals surface area contributed by atoms with Crippen LogP contribution in [0, 0.1) is 17.8 Å². The molecule has 0 aliphatic heterocycles. The van der Waals surface area contributed by atoms with Crippen LogP contribution in [-0.4, -0.2) is 23.1 Å². The average molecular weight is 225 g/mol. The number of oxime groups is 1. The van der Waals surface area contributed by atoms with Crippen molar-refractivity contribution in [2.45, 2.75) is 46.1 Å². The van der Waals surface area contributed by atoms with Crippen molar-refractivity contribution < 1.29 is 5.21 Å². The van der Waals surface area contributed by atoms with Gasteiger partial charge in [-0.2, -0.15) is 0 Å². The molecule has 92 valence electrons. The van der Waals surface area contributed by atoms with E-state index in [1.54, 1.807) is 0 Å². The molecule has 4 N–H and O–H groups in total. The third-order valence-electron chi connectivity index (χ3n) is 2.71. The quantitative estimate of drug-likeness (QED) is 0.160. The first-order chi connectivity index (χ1) is 7.25. The normalized spacial score (nSPS) is 13.6. The number of hydrogen-bond donors (Lipinski definition) is 3. The molecule has 4 nitrogen and oxygen atoms in total. The first-order valence-electron chi connectivity index (χ1n) is 5.46. The van der Waals surface area contributed by atoms with Gasteiger partial charge in [-0.05, 0) is 33.2 Å². The number of nitrogens with zero attached hydrogens (tertiary/aromatic N) is 1. The van der Waals surface area contributed by atoms with Gasteiger partial charge in [-0.15, -0.1) is 6.42 Å². The van der Waals surface area contributed by atoms with E-state index in [0.717, 1.165) is 19.4 Å². The number of rotatable bonds is 6. The maximum absolute atomic E-state index is 8.62. The highest BCUT2D eigenvalue weighted by atomic mass is 16.4. The van der Waals surface area contributed by atoms with Crippen LogP contribution in [0.2, 0.25) is 0 Å². The van der Waals surface area contributed by atoms with E-state index in [4.69, 9.17) is 17.4 Å². The Bertz CT molecular complexity index is 287. The van der Waals surface area contributed by atoms with Crippen molar-refractivity contribution >= 4 is 5.84 Å². The Balaban J connectivity index is 3.97. The third kappa shape index (κ3) is 5.04. The fraction of sp³-hybridized carbons (Fsp3) is 0.750. The van der Waals surface area contributed by atoms with Gasteiger partial charge in [-0.1, -0.05) is 24.9 Å². The lowest BCUT2D eigenvalue weighted by Crippen LogP contribution is -2.39. The molecular weight excluding hydrogens is 202 g/mol. The van der Waals surface area contributed by atoms with Gasteiger partial charge in [-0.3, -0.25) is 0 Å². The van der Waals surface area contributed by atoms with Gasteiger partial charge in [0.15, 0.2) is 0 Å². The lowest BCUT2D eigenvalue weighted by Gasteiger charge is -2.24. The number of amidine groups is 1. The summed E-state index contributed by atoms with van der Waals surface area (Å²) >= 11 is 0. The smallest absolute Gasteiger partial charge is 0.144 e. The fourth-order valence-electron chi connectivity index (χ4n) is 1.25. The Morgan fingerprint density at radius 3 is 2.44 bits per heavy atom. The van der Waals surface area contributed by atoms with Gasteiger partial charge in [0.05, 0.1) is 5.54 Å². The predicted molar refractivity (Wildman–Crippen MR) is 67.3 cm³/mol. The first kappa shape index (κ1) is 14.8. The summed E-state index contributed by atoms with van der Waals surface area (Å²) in [7, 11) is 0. The maximum Gasteiger partial charge on any atom is 0.144 e. The van der Waals surface area contributed by atoms with Crippen LogP contribution in [0.5, 0.6) is 0 Å². The molecule has 0 amide bonds. The molecule has 0 spiro atoms. The second-order valence-electron chi connectivity index (χ2n) is 5.17.